The van der Waals surface area contributed by atoms with Crippen LogP contribution in [-0.4, -0.2) is 32.2 Å². The third-order valence-corrected chi connectivity index (χ3v) is 5.58. The molecular formula is C26H28N6O. The molecular weight excluding hydrogens is 412 g/mol. The zero-order chi connectivity index (χ0) is 23.2. The molecule has 168 valence electrons. The lowest BCUT2D eigenvalue weighted by Crippen LogP contribution is -2.35. The number of carbonyl (C=O) groups excluding carboxylic acids is 1. The number of pyridine rings is 2. The first kappa shape index (κ1) is 22.4. The van der Waals surface area contributed by atoms with Gasteiger partial charge in [0.2, 0.25) is 5.91 Å². The molecule has 0 saturated carbocycles. The largest absolute Gasteiger partial charge is 0.309 e. The summed E-state index contributed by atoms with van der Waals surface area (Å²) >= 11 is 0. The quantitative estimate of drug-likeness (QED) is 0.428. The third-order valence-electron chi connectivity index (χ3n) is 5.58. The fourth-order valence-corrected chi connectivity index (χ4v) is 3.60. The van der Waals surface area contributed by atoms with E-state index in [0.29, 0.717) is 12.4 Å². The molecule has 1 aromatic carbocycles. The molecule has 3 aromatic heterocycles. The standard InChI is InChI=1S/C26H28N6O/c1-18(21-10-9-19(2)27-14-21)13-29-25(20-7-5-4-6-8-20)26(33)31-24-12-11-22(15-28-24)23-16-30-32(3)17-23/h4-12,14-18,25,29H,13H2,1-3H3,(H,28,31,33)/t18-,25-/m0/s1. The van der Waals surface area contributed by atoms with Crippen LogP contribution in [0.1, 0.15) is 35.7 Å². The highest BCUT2D eigenvalue weighted by atomic mass is 16.2. The number of carbonyl (C=O) groups is 1. The van der Waals surface area contributed by atoms with Gasteiger partial charge in [0.1, 0.15) is 11.9 Å². The molecule has 0 aliphatic rings. The van der Waals surface area contributed by atoms with Crippen molar-refractivity contribution in [3.05, 3.63) is 96.2 Å². The lowest BCUT2D eigenvalue weighted by Gasteiger charge is -2.21. The van der Waals surface area contributed by atoms with Crippen molar-refractivity contribution in [2.45, 2.75) is 25.8 Å². The number of nitrogens with one attached hydrogen (secondary N) is 2. The fourth-order valence-electron chi connectivity index (χ4n) is 3.60. The monoisotopic (exact) mass is 440 g/mol. The second-order valence-corrected chi connectivity index (χ2v) is 8.21. The van der Waals surface area contributed by atoms with E-state index in [9.17, 15) is 4.79 Å². The van der Waals surface area contributed by atoms with E-state index in [1.165, 1.54) is 0 Å². The van der Waals surface area contributed by atoms with Gasteiger partial charge in [0, 0.05) is 49.0 Å². The summed E-state index contributed by atoms with van der Waals surface area (Å²) in [5.41, 5.74) is 4.94. The van der Waals surface area contributed by atoms with Crippen molar-refractivity contribution in [3.63, 3.8) is 0 Å². The predicted molar refractivity (Wildman–Crippen MR) is 130 cm³/mol. The second-order valence-electron chi connectivity index (χ2n) is 8.21. The van der Waals surface area contributed by atoms with Gasteiger partial charge in [0.05, 0.1) is 6.20 Å². The summed E-state index contributed by atoms with van der Waals surface area (Å²) in [6, 6.07) is 17.0. The maximum atomic E-state index is 13.2. The van der Waals surface area contributed by atoms with Crippen LogP contribution in [0.3, 0.4) is 0 Å². The van der Waals surface area contributed by atoms with Crippen molar-refractivity contribution in [1.82, 2.24) is 25.1 Å². The number of aryl methyl sites for hydroxylation is 2. The highest BCUT2D eigenvalue weighted by Crippen LogP contribution is 2.21. The molecule has 2 atom stereocenters. The summed E-state index contributed by atoms with van der Waals surface area (Å²) < 4.78 is 1.74. The number of hydrogen-bond donors (Lipinski definition) is 2. The lowest BCUT2D eigenvalue weighted by atomic mass is 10.0. The Balaban J connectivity index is 1.46. The van der Waals surface area contributed by atoms with Crippen LogP contribution in [0, 0.1) is 6.92 Å². The summed E-state index contributed by atoms with van der Waals surface area (Å²) in [5.74, 6) is 0.553. The number of hydrogen-bond acceptors (Lipinski definition) is 5. The van der Waals surface area contributed by atoms with E-state index in [1.807, 2.05) is 74.9 Å². The van der Waals surface area contributed by atoms with E-state index in [2.05, 4.69) is 38.7 Å². The Morgan fingerprint density at radius 3 is 2.39 bits per heavy atom. The van der Waals surface area contributed by atoms with E-state index in [4.69, 9.17) is 0 Å². The minimum Gasteiger partial charge on any atom is -0.309 e. The van der Waals surface area contributed by atoms with Crippen molar-refractivity contribution >= 4 is 11.7 Å². The molecule has 0 saturated heterocycles. The fraction of sp³-hybridized carbons (Fsp3) is 0.231. The number of nitrogens with zero attached hydrogens (tertiary/aromatic N) is 4. The van der Waals surface area contributed by atoms with E-state index < -0.39 is 6.04 Å². The highest BCUT2D eigenvalue weighted by Gasteiger charge is 2.22. The number of amides is 1. The smallest absolute Gasteiger partial charge is 0.247 e. The predicted octanol–water partition coefficient (Wildman–Crippen LogP) is 4.26. The molecule has 7 heteroatoms. The van der Waals surface area contributed by atoms with Crippen LogP contribution in [-0.2, 0) is 11.8 Å². The van der Waals surface area contributed by atoms with Gasteiger partial charge >= 0.3 is 0 Å². The van der Waals surface area contributed by atoms with Crippen LogP contribution in [0.4, 0.5) is 5.82 Å². The van der Waals surface area contributed by atoms with E-state index in [0.717, 1.165) is 27.9 Å². The average molecular weight is 441 g/mol. The Morgan fingerprint density at radius 2 is 1.76 bits per heavy atom. The van der Waals surface area contributed by atoms with Gasteiger partial charge in [-0.1, -0.05) is 43.3 Å². The molecule has 0 aliphatic carbocycles. The van der Waals surface area contributed by atoms with Crippen LogP contribution in [0.2, 0.25) is 0 Å². The Hall–Kier alpha value is -3.84. The minimum absolute atomic E-state index is 0.156. The zero-order valence-corrected chi connectivity index (χ0v) is 19.1. The van der Waals surface area contributed by atoms with Gasteiger partial charge in [-0.05, 0) is 42.2 Å². The SMILES string of the molecule is Cc1ccc([C@@H](C)CN[C@H](C(=O)Nc2ccc(-c3cnn(C)c3)cn2)c2ccccc2)cn1. The first-order valence-electron chi connectivity index (χ1n) is 11.0. The van der Waals surface area contributed by atoms with Gasteiger partial charge in [-0.15, -0.1) is 0 Å². The summed E-state index contributed by atoms with van der Waals surface area (Å²) in [6.45, 7) is 4.73. The normalized spacial score (nSPS) is 12.8. The molecule has 0 unspecified atom stereocenters. The van der Waals surface area contributed by atoms with E-state index in [-0.39, 0.29) is 11.8 Å². The van der Waals surface area contributed by atoms with Gasteiger partial charge in [0.25, 0.3) is 0 Å². The van der Waals surface area contributed by atoms with Crippen LogP contribution >= 0.6 is 0 Å². The summed E-state index contributed by atoms with van der Waals surface area (Å²) in [5, 5.41) is 10.6. The molecule has 7 nitrogen and oxygen atoms in total. The van der Waals surface area contributed by atoms with Gasteiger partial charge in [-0.3, -0.25) is 14.5 Å². The molecule has 1 amide bonds. The van der Waals surface area contributed by atoms with Crippen molar-refractivity contribution < 1.29 is 4.79 Å². The second kappa shape index (κ2) is 10.2. The van der Waals surface area contributed by atoms with E-state index >= 15 is 0 Å². The molecule has 2 N–H and O–H groups in total. The minimum atomic E-state index is -0.508. The van der Waals surface area contributed by atoms with E-state index in [1.54, 1.807) is 17.1 Å². The number of anilines is 1. The molecule has 4 rings (SSSR count). The molecule has 0 aliphatic heterocycles. The van der Waals surface area contributed by atoms with Crippen LogP contribution in [0.15, 0.2) is 79.4 Å². The van der Waals surface area contributed by atoms with Gasteiger partial charge in [-0.25, -0.2) is 4.98 Å². The van der Waals surface area contributed by atoms with Gasteiger partial charge in [0.15, 0.2) is 0 Å². The molecule has 0 spiro atoms. The van der Waals surface area contributed by atoms with Crippen molar-refractivity contribution in [3.8, 4) is 11.1 Å². The van der Waals surface area contributed by atoms with Gasteiger partial charge in [-0.2, -0.15) is 5.10 Å². The summed E-state index contributed by atoms with van der Waals surface area (Å²) in [4.78, 5) is 22.0. The Kier molecular flexibility index (Phi) is 6.90. The molecule has 3 heterocycles. The molecule has 33 heavy (non-hydrogen) atoms. The zero-order valence-electron chi connectivity index (χ0n) is 19.1. The van der Waals surface area contributed by atoms with Crippen molar-refractivity contribution in [1.29, 1.82) is 0 Å². The highest BCUT2D eigenvalue weighted by molar-refractivity contribution is 5.95. The summed E-state index contributed by atoms with van der Waals surface area (Å²) in [7, 11) is 1.87. The Labute approximate surface area is 193 Å². The molecule has 0 radical (unpaired) electrons. The van der Waals surface area contributed by atoms with Crippen LogP contribution < -0.4 is 10.6 Å². The van der Waals surface area contributed by atoms with Crippen LogP contribution in [0.5, 0.6) is 0 Å². The molecule has 0 bridgehead atoms. The number of rotatable bonds is 8. The third kappa shape index (κ3) is 5.70. The van der Waals surface area contributed by atoms with Crippen LogP contribution in [0.25, 0.3) is 11.1 Å². The Bertz CT molecular complexity index is 1190. The average Bonchev–Trinajstić information content (AvgIpc) is 3.27. The first-order valence-corrected chi connectivity index (χ1v) is 11.0. The maximum absolute atomic E-state index is 13.2. The molecule has 0 fully saturated rings. The Morgan fingerprint density at radius 1 is 0.939 bits per heavy atom. The topological polar surface area (TPSA) is 84.7 Å². The summed E-state index contributed by atoms with van der Waals surface area (Å²) in [6.07, 6.45) is 7.35. The molecule has 4 aromatic rings. The van der Waals surface area contributed by atoms with Crippen molar-refractivity contribution in [2.24, 2.45) is 7.05 Å². The lowest BCUT2D eigenvalue weighted by molar-refractivity contribution is -0.118. The first-order chi connectivity index (χ1) is 16.0. The van der Waals surface area contributed by atoms with Crippen molar-refractivity contribution in [2.75, 3.05) is 11.9 Å². The number of benzene rings is 1. The maximum Gasteiger partial charge on any atom is 0.247 e. The van der Waals surface area contributed by atoms with Gasteiger partial charge < -0.3 is 10.6 Å². The number of aromatic nitrogens is 4.